The zero-order chi connectivity index (χ0) is 13.5. The Bertz CT molecular complexity index is 346. The molecule has 19 heavy (non-hydrogen) atoms. The van der Waals surface area contributed by atoms with Crippen molar-refractivity contribution in [2.24, 2.45) is 11.8 Å². The Hall–Kier alpha value is -0.820. The van der Waals surface area contributed by atoms with Crippen LogP contribution in [-0.2, 0) is 6.42 Å². The van der Waals surface area contributed by atoms with E-state index in [0.29, 0.717) is 5.92 Å². The predicted molar refractivity (Wildman–Crippen MR) is 81.1 cm³/mol. The number of aliphatic hydroxyl groups excluding tert-OH is 1. The maximum Gasteiger partial charge on any atom is 0.0568 e. The zero-order valence-electron chi connectivity index (χ0n) is 12.2. The zero-order valence-corrected chi connectivity index (χ0v) is 12.2. The molecule has 1 N–H and O–H groups in total. The fourth-order valence-electron chi connectivity index (χ4n) is 3.41. The van der Waals surface area contributed by atoms with E-state index in [2.05, 4.69) is 37.3 Å². The number of aliphatic hydroxyl groups is 1. The van der Waals surface area contributed by atoms with Gasteiger partial charge in [0, 0.05) is 0 Å². The Morgan fingerprint density at radius 3 is 2.63 bits per heavy atom. The van der Waals surface area contributed by atoms with Gasteiger partial charge in [-0.25, -0.2) is 0 Å². The molecule has 1 aromatic carbocycles. The molecule has 0 aromatic heterocycles. The van der Waals surface area contributed by atoms with Crippen LogP contribution in [0, 0.1) is 11.8 Å². The first kappa shape index (κ1) is 14.6. The third kappa shape index (κ3) is 4.65. The third-order valence-corrected chi connectivity index (χ3v) is 4.76. The molecule has 0 aliphatic heterocycles. The summed E-state index contributed by atoms with van der Waals surface area (Å²) < 4.78 is 0. The summed E-state index contributed by atoms with van der Waals surface area (Å²) in [6.45, 7) is 2.29. The van der Waals surface area contributed by atoms with Crippen LogP contribution in [0.1, 0.15) is 57.4 Å². The van der Waals surface area contributed by atoms with Crippen molar-refractivity contribution in [2.75, 3.05) is 0 Å². The molecule has 0 radical (unpaired) electrons. The second-order valence-electron chi connectivity index (χ2n) is 6.15. The first-order chi connectivity index (χ1) is 9.29. The molecular formula is C18H28O. The molecule has 3 unspecified atom stereocenters. The van der Waals surface area contributed by atoms with Crippen LogP contribution in [-0.4, -0.2) is 11.2 Å². The Balaban J connectivity index is 1.67. The quantitative estimate of drug-likeness (QED) is 0.742. The van der Waals surface area contributed by atoms with Crippen LogP contribution in [0.2, 0.25) is 0 Å². The fraction of sp³-hybridized carbons (Fsp3) is 0.667. The van der Waals surface area contributed by atoms with E-state index in [-0.39, 0.29) is 6.10 Å². The molecule has 1 heteroatoms. The second-order valence-corrected chi connectivity index (χ2v) is 6.15. The minimum atomic E-state index is -0.0282. The fourth-order valence-corrected chi connectivity index (χ4v) is 3.41. The molecule has 1 nitrogen and oxygen atoms in total. The van der Waals surface area contributed by atoms with Crippen LogP contribution < -0.4 is 0 Å². The van der Waals surface area contributed by atoms with E-state index in [4.69, 9.17) is 0 Å². The molecule has 3 atom stereocenters. The molecular weight excluding hydrogens is 232 g/mol. The van der Waals surface area contributed by atoms with Crippen LogP contribution in [0.4, 0.5) is 0 Å². The van der Waals surface area contributed by atoms with E-state index in [9.17, 15) is 5.11 Å². The first-order valence-electron chi connectivity index (χ1n) is 8.01. The summed E-state index contributed by atoms with van der Waals surface area (Å²) in [5, 5.41) is 10.1. The van der Waals surface area contributed by atoms with E-state index in [1.54, 1.807) is 0 Å². The van der Waals surface area contributed by atoms with Gasteiger partial charge in [-0.3, -0.25) is 0 Å². The molecule has 0 saturated heterocycles. The van der Waals surface area contributed by atoms with Gasteiger partial charge < -0.3 is 5.11 Å². The number of hydrogen-bond donors (Lipinski definition) is 1. The van der Waals surface area contributed by atoms with Gasteiger partial charge in [-0.1, -0.05) is 50.1 Å². The van der Waals surface area contributed by atoms with Gasteiger partial charge in [0.15, 0.2) is 0 Å². The van der Waals surface area contributed by atoms with Gasteiger partial charge in [0.2, 0.25) is 0 Å². The lowest BCUT2D eigenvalue weighted by molar-refractivity contribution is 0.0418. The van der Waals surface area contributed by atoms with Crippen molar-refractivity contribution in [1.82, 2.24) is 0 Å². The summed E-state index contributed by atoms with van der Waals surface area (Å²) in [7, 11) is 0. The minimum absolute atomic E-state index is 0.0282. The van der Waals surface area contributed by atoms with Crippen LogP contribution in [0.3, 0.4) is 0 Å². The first-order valence-corrected chi connectivity index (χ1v) is 8.01. The van der Waals surface area contributed by atoms with E-state index in [1.807, 2.05) is 0 Å². The smallest absolute Gasteiger partial charge is 0.0568 e. The molecule has 1 saturated carbocycles. The van der Waals surface area contributed by atoms with E-state index in [1.165, 1.54) is 50.5 Å². The second kappa shape index (κ2) is 7.69. The highest BCUT2D eigenvalue weighted by atomic mass is 16.3. The lowest BCUT2D eigenvalue weighted by Gasteiger charge is -2.33. The van der Waals surface area contributed by atoms with Crippen molar-refractivity contribution in [3.05, 3.63) is 35.9 Å². The lowest BCUT2D eigenvalue weighted by Crippen LogP contribution is -2.28. The van der Waals surface area contributed by atoms with Crippen molar-refractivity contribution in [3.63, 3.8) is 0 Å². The van der Waals surface area contributed by atoms with E-state index in [0.717, 1.165) is 12.3 Å². The summed E-state index contributed by atoms with van der Waals surface area (Å²) in [6, 6.07) is 10.7. The van der Waals surface area contributed by atoms with E-state index >= 15 is 0 Å². The molecule has 0 amide bonds. The minimum Gasteiger partial charge on any atom is -0.393 e. The van der Waals surface area contributed by atoms with Crippen LogP contribution in [0.25, 0.3) is 0 Å². The van der Waals surface area contributed by atoms with Gasteiger partial charge in [0.05, 0.1) is 6.10 Å². The molecule has 1 aliphatic rings. The normalized spacial score (nSPS) is 27.4. The standard InChI is InChI=1S/C18H28O/c1-2-15-12-13-18(19)17(14-15)11-7-6-10-16-8-4-3-5-9-16/h3-5,8-9,15,17-19H,2,6-7,10-14H2,1H3. The average molecular weight is 260 g/mol. The molecule has 1 fully saturated rings. The van der Waals surface area contributed by atoms with Crippen LogP contribution in [0.15, 0.2) is 30.3 Å². The summed E-state index contributed by atoms with van der Waals surface area (Å²) in [5.74, 6) is 1.43. The number of rotatable bonds is 6. The van der Waals surface area contributed by atoms with Crippen molar-refractivity contribution < 1.29 is 5.11 Å². The van der Waals surface area contributed by atoms with Crippen molar-refractivity contribution >= 4 is 0 Å². The SMILES string of the molecule is CCC1CCC(O)C(CCCCc2ccccc2)C1. The molecule has 1 aromatic rings. The summed E-state index contributed by atoms with van der Waals surface area (Å²) in [5.41, 5.74) is 1.44. The summed E-state index contributed by atoms with van der Waals surface area (Å²) >= 11 is 0. The van der Waals surface area contributed by atoms with Gasteiger partial charge in [-0.05, 0) is 55.9 Å². The Morgan fingerprint density at radius 2 is 1.89 bits per heavy atom. The summed E-state index contributed by atoms with van der Waals surface area (Å²) in [6.07, 6.45) is 9.68. The predicted octanol–water partition coefficient (Wildman–Crippen LogP) is 4.59. The van der Waals surface area contributed by atoms with Crippen molar-refractivity contribution in [3.8, 4) is 0 Å². The Kier molecular flexibility index (Phi) is 5.91. The molecule has 2 rings (SSSR count). The Labute approximate surface area is 118 Å². The molecule has 0 bridgehead atoms. The lowest BCUT2D eigenvalue weighted by atomic mass is 9.76. The van der Waals surface area contributed by atoms with Crippen LogP contribution in [0.5, 0.6) is 0 Å². The molecule has 1 aliphatic carbocycles. The number of hydrogen-bond acceptors (Lipinski definition) is 1. The topological polar surface area (TPSA) is 20.2 Å². The van der Waals surface area contributed by atoms with Gasteiger partial charge in [0.25, 0.3) is 0 Å². The monoisotopic (exact) mass is 260 g/mol. The van der Waals surface area contributed by atoms with Gasteiger partial charge in [-0.2, -0.15) is 0 Å². The number of benzene rings is 1. The van der Waals surface area contributed by atoms with Crippen LogP contribution >= 0.6 is 0 Å². The molecule has 106 valence electrons. The van der Waals surface area contributed by atoms with Gasteiger partial charge >= 0.3 is 0 Å². The number of aryl methyl sites for hydroxylation is 1. The molecule has 0 heterocycles. The maximum atomic E-state index is 10.1. The van der Waals surface area contributed by atoms with Gasteiger partial charge in [0.1, 0.15) is 0 Å². The molecule has 0 spiro atoms. The Morgan fingerprint density at radius 1 is 1.11 bits per heavy atom. The van der Waals surface area contributed by atoms with Gasteiger partial charge in [-0.15, -0.1) is 0 Å². The third-order valence-electron chi connectivity index (χ3n) is 4.76. The average Bonchev–Trinajstić information content (AvgIpc) is 2.46. The maximum absolute atomic E-state index is 10.1. The highest BCUT2D eigenvalue weighted by Crippen LogP contribution is 2.34. The van der Waals surface area contributed by atoms with Crippen molar-refractivity contribution in [1.29, 1.82) is 0 Å². The summed E-state index contributed by atoms with van der Waals surface area (Å²) in [4.78, 5) is 0. The highest BCUT2D eigenvalue weighted by Gasteiger charge is 2.27. The highest BCUT2D eigenvalue weighted by molar-refractivity contribution is 5.14. The largest absolute Gasteiger partial charge is 0.393 e. The van der Waals surface area contributed by atoms with E-state index < -0.39 is 0 Å². The van der Waals surface area contributed by atoms with Crippen molar-refractivity contribution in [2.45, 2.75) is 64.4 Å². The number of unbranched alkanes of at least 4 members (excludes halogenated alkanes) is 1.